The van der Waals surface area contributed by atoms with Crippen molar-refractivity contribution < 1.29 is 9.47 Å². The predicted octanol–water partition coefficient (Wildman–Crippen LogP) is 2.56. The maximum absolute atomic E-state index is 5.53. The average Bonchev–Trinajstić information content (AvgIpc) is 2.42. The number of hydrogen-bond donors (Lipinski definition) is 1. The van der Waals surface area contributed by atoms with E-state index in [0.717, 1.165) is 31.0 Å². The molecule has 0 saturated heterocycles. The molecule has 0 radical (unpaired) electrons. The van der Waals surface area contributed by atoms with Crippen molar-refractivity contribution in [1.82, 2.24) is 10.3 Å². The fourth-order valence-corrected chi connectivity index (χ4v) is 1.75. The minimum absolute atomic E-state index is 0.326. The van der Waals surface area contributed by atoms with Crippen molar-refractivity contribution in [2.45, 2.75) is 33.2 Å². The van der Waals surface area contributed by atoms with Crippen LogP contribution in [0.15, 0.2) is 18.3 Å². The molecule has 1 heterocycles. The van der Waals surface area contributed by atoms with E-state index in [9.17, 15) is 0 Å². The van der Waals surface area contributed by atoms with E-state index in [4.69, 9.17) is 9.47 Å². The molecule has 0 aliphatic rings. The molecule has 0 aromatic carbocycles. The molecule has 0 bridgehead atoms. The lowest BCUT2D eigenvalue weighted by Gasteiger charge is -2.15. The van der Waals surface area contributed by atoms with Crippen molar-refractivity contribution in [3.63, 3.8) is 0 Å². The number of nitrogens with one attached hydrogen (secondary N) is 1. The molecule has 1 rings (SSSR count). The summed E-state index contributed by atoms with van der Waals surface area (Å²) >= 11 is 0. The van der Waals surface area contributed by atoms with Crippen molar-refractivity contribution in [3.05, 3.63) is 24.0 Å². The highest BCUT2D eigenvalue weighted by Crippen LogP contribution is 2.17. The maximum Gasteiger partial charge on any atom is 0.137 e. The van der Waals surface area contributed by atoms with Gasteiger partial charge in [0, 0.05) is 12.6 Å². The van der Waals surface area contributed by atoms with Gasteiger partial charge in [0.25, 0.3) is 0 Å². The summed E-state index contributed by atoms with van der Waals surface area (Å²) in [5.41, 5.74) is 1.07. The second-order valence-corrected chi connectivity index (χ2v) is 3.98. The van der Waals surface area contributed by atoms with Crippen molar-refractivity contribution >= 4 is 0 Å². The quantitative estimate of drug-likeness (QED) is 0.686. The number of rotatable bonds is 9. The highest BCUT2D eigenvalue weighted by atomic mass is 16.5. The molecule has 0 aliphatic carbocycles. The zero-order valence-electron chi connectivity index (χ0n) is 11.6. The van der Waals surface area contributed by atoms with Crippen LogP contribution in [-0.4, -0.2) is 31.3 Å². The fraction of sp³-hybridized carbons (Fsp3) is 0.643. The van der Waals surface area contributed by atoms with Gasteiger partial charge in [0.2, 0.25) is 0 Å². The number of nitrogens with zero attached hydrogens (tertiary/aromatic N) is 1. The highest BCUT2D eigenvalue weighted by Gasteiger charge is 2.08. The number of pyridine rings is 1. The van der Waals surface area contributed by atoms with Crippen LogP contribution in [0.3, 0.4) is 0 Å². The Balaban J connectivity index is 2.45. The van der Waals surface area contributed by atoms with Crippen LogP contribution < -0.4 is 10.1 Å². The Morgan fingerprint density at radius 2 is 2.06 bits per heavy atom. The molecule has 1 N–H and O–H groups in total. The first-order valence-electron chi connectivity index (χ1n) is 6.71. The van der Waals surface area contributed by atoms with Crippen LogP contribution in [0.2, 0.25) is 0 Å². The molecule has 1 aromatic rings. The van der Waals surface area contributed by atoms with Crippen LogP contribution >= 0.6 is 0 Å². The predicted molar refractivity (Wildman–Crippen MR) is 72.9 cm³/mol. The summed E-state index contributed by atoms with van der Waals surface area (Å²) in [6, 6.07) is 4.31. The van der Waals surface area contributed by atoms with Gasteiger partial charge in [-0.25, -0.2) is 0 Å². The van der Waals surface area contributed by atoms with E-state index in [1.165, 1.54) is 0 Å². The van der Waals surface area contributed by atoms with E-state index >= 15 is 0 Å². The number of aromatic nitrogens is 1. The summed E-state index contributed by atoms with van der Waals surface area (Å²) in [6.07, 6.45) is 2.81. The minimum atomic E-state index is 0.326. The van der Waals surface area contributed by atoms with Gasteiger partial charge in [0.1, 0.15) is 12.4 Å². The van der Waals surface area contributed by atoms with E-state index < -0.39 is 0 Å². The maximum atomic E-state index is 5.53. The first-order valence-corrected chi connectivity index (χ1v) is 6.71. The third-order valence-electron chi connectivity index (χ3n) is 2.68. The average molecular weight is 252 g/mol. The molecule has 0 saturated carbocycles. The first-order chi connectivity index (χ1) is 8.81. The Hall–Kier alpha value is -1.13. The third-order valence-corrected chi connectivity index (χ3v) is 2.68. The Bertz CT molecular complexity index is 314. The second-order valence-electron chi connectivity index (χ2n) is 3.98. The molecule has 18 heavy (non-hydrogen) atoms. The zero-order chi connectivity index (χ0) is 13.2. The van der Waals surface area contributed by atoms with Gasteiger partial charge in [0.15, 0.2) is 0 Å². The standard InChI is InChI=1S/C14H24N2O2/c1-4-13(15-5-2)14-8-7-12(11-16-14)18-10-9-17-6-3/h7-8,11,13,15H,4-6,9-10H2,1-3H3. The summed E-state index contributed by atoms with van der Waals surface area (Å²) < 4.78 is 10.7. The van der Waals surface area contributed by atoms with Crippen LogP contribution in [0.1, 0.15) is 38.9 Å². The zero-order valence-corrected chi connectivity index (χ0v) is 11.6. The lowest BCUT2D eigenvalue weighted by atomic mass is 10.1. The van der Waals surface area contributed by atoms with E-state index in [-0.39, 0.29) is 0 Å². The molecule has 1 aromatic heterocycles. The summed E-state index contributed by atoms with van der Waals surface area (Å²) in [5.74, 6) is 0.796. The van der Waals surface area contributed by atoms with Crippen LogP contribution in [0.5, 0.6) is 5.75 Å². The molecule has 102 valence electrons. The van der Waals surface area contributed by atoms with E-state index in [0.29, 0.717) is 19.3 Å². The van der Waals surface area contributed by atoms with Gasteiger partial charge in [-0.05, 0) is 32.0 Å². The Morgan fingerprint density at radius 3 is 2.61 bits per heavy atom. The minimum Gasteiger partial charge on any atom is -0.490 e. The SMILES string of the molecule is CCNC(CC)c1ccc(OCCOCC)cn1. The van der Waals surface area contributed by atoms with Gasteiger partial charge in [-0.15, -0.1) is 0 Å². The van der Waals surface area contributed by atoms with Gasteiger partial charge < -0.3 is 14.8 Å². The van der Waals surface area contributed by atoms with Crippen molar-refractivity contribution in [2.75, 3.05) is 26.4 Å². The first kappa shape index (κ1) is 14.9. The van der Waals surface area contributed by atoms with Gasteiger partial charge >= 0.3 is 0 Å². The van der Waals surface area contributed by atoms with Gasteiger partial charge in [0.05, 0.1) is 18.5 Å². The molecule has 0 amide bonds. The Morgan fingerprint density at radius 1 is 1.22 bits per heavy atom. The lowest BCUT2D eigenvalue weighted by Crippen LogP contribution is -2.21. The van der Waals surface area contributed by atoms with Crippen LogP contribution in [0.25, 0.3) is 0 Å². The van der Waals surface area contributed by atoms with Crippen LogP contribution in [0, 0.1) is 0 Å². The fourth-order valence-electron chi connectivity index (χ4n) is 1.75. The molecule has 0 fully saturated rings. The second kappa shape index (κ2) is 8.89. The van der Waals surface area contributed by atoms with E-state index in [1.807, 2.05) is 19.1 Å². The Kier molecular flexibility index (Phi) is 7.37. The summed E-state index contributed by atoms with van der Waals surface area (Å²) in [7, 11) is 0. The van der Waals surface area contributed by atoms with Crippen molar-refractivity contribution in [3.8, 4) is 5.75 Å². The van der Waals surface area contributed by atoms with Crippen LogP contribution in [0.4, 0.5) is 0 Å². The molecule has 0 aliphatic heterocycles. The van der Waals surface area contributed by atoms with Gasteiger partial charge in [-0.3, -0.25) is 4.98 Å². The van der Waals surface area contributed by atoms with Gasteiger partial charge in [-0.2, -0.15) is 0 Å². The van der Waals surface area contributed by atoms with Gasteiger partial charge in [-0.1, -0.05) is 13.8 Å². The molecule has 0 spiro atoms. The summed E-state index contributed by atoms with van der Waals surface area (Å²) in [6.45, 7) is 9.10. The third kappa shape index (κ3) is 5.02. The van der Waals surface area contributed by atoms with Crippen molar-refractivity contribution in [2.24, 2.45) is 0 Å². The number of ether oxygens (including phenoxy) is 2. The van der Waals surface area contributed by atoms with E-state index in [1.54, 1.807) is 6.20 Å². The van der Waals surface area contributed by atoms with E-state index in [2.05, 4.69) is 24.1 Å². The highest BCUT2D eigenvalue weighted by molar-refractivity contribution is 5.21. The molecular weight excluding hydrogens is 228 g/mol. The molecular formula is C14H24N2O2. The molecule has 4 nitrogen and oxygen atoms in total. The Labute approximate surface area is 110 Å². The monoisotopic (exact) mass is 252 g/mol. The molecule has 4 heteroatoms. The molecule has 1 unspecified atom stereocenters. The largest absolute Gasteiger partial charge is 0.490 e. The topological polar surface area (TPSA) is 43.4 Å². The summed E-state index contributed by atoms with van der Waals surface area (Å²) in [5, 5.41) is 3.40. The lowest BCUT2D eigenvalue weighted by molar-refractivity contribution is 0.110. The van der Waals surface area contributed by atoms with Crippen LogP contribution in [-0.2, 0) is 4.74 Å². The smallest absolute Gasteiger partial charge is 0.137 e. The van der Waals surface area contributed by atoms with Crippen molar-refractivity contribution in [1.29, 1.82) is 0 Å². The normalized spacial score (nSPS) is 12.4. The molecule has 1 atom stereocenters. The number of hydrogen-bond acceptors (Lipinski definition) is 4. The summed E-state index contributed by atoms with van der Waals surface area (Å²) in [4.78, 5) is 4.44.